The van der Waals surface area contributed by atoms with E-state index in [-0.39, 0.29) is 12.5 Å². The summed E-state index contributed by atoms with van der Waals surface area (Å²) in [5.74, 6) is 0.539. The van der Waals surface area contributed by atoms with Crippen LogP contribution in [0.2, 0.25) is 0 Å². The van der Waals surface area contributed by atoms with Crippen LogP contribution in [0, 0.1) is 0 Å². The highest BCUT2D eigenvalue weighted by atomic mass is 32.2. The van der Waals surface area contributed by atoms with Gasteiger partial charge in [0.05, 0.1) is 11.1 Å². The predicted octanol–water partition coefficient (Wildman–Crippen LogP) is 4.75. The van der Waals surface area contributed by atoms with Crippen molar-refractivity contribution in [1.82, 2.24) is 5.32 Å². The SMILES string of the molecule is CCSc1ccccc1C(=O)NCc1cccc(C(F)(F)F)c1. The number of rotatable bonds is 5. The molecule has 122 valence electrons. The van der Waals surface area contributed by atoms with Crippen LogP contribution in [0.25, 0.3) is 0 Å². The number of halogens is 3. The van der Waals surface area contributed by atoms with Crippen LogP contribution in [0.5, 0.6) is 0 Å². The molecule has 0 spiro atoms. The minimum atomic E-state index is -4.38. The summed E-state index contributed by atoms with van der Waals surface area (Å²) in [6, 6.07) is 12.1. The van der Waals surface area contributed by atoms with Crippen LogP contribution in [0.1, 0.15) is 28.4 Å². The van der Waals surface area contributed by atoms with E-state index in [9.17, 15) is 18.0 Å². The fourth-order valence-corrected chi connectivity index (χ4v) is 2.87. The van der Waals surface area contributed by atoms with Crippen molar-refractivity contribution >= 4 is 17.7 Å². The Hall–Kier alpha value is -1.95. The Balaban J connectivity index is 2.08. The molecule has 23 heavy (non-hydrogen) atoms. The van der Waals surface area contributed by atoms with Gasteiger partial charge in [-0.3, -0.25) is 4.79 Å². The van der Waals surface area contributed by atoms with Crippen molar-refractivity contribution in [3.63, 3.8) is 0 Å². The summed E-state index contributed by atoms with van der Waals surface area (Å²) in [5, 5.41) is 2.67. The summed E-state index contributed by atoms with van der Waals surface area (Å²) >= 11 is 1.55. The van der Waals surface area contributed by atoms with E-state index in [0.717, 1.165) is 22.8 Å². The van der Waals surface area contributed by atoms with E-state index in [0.29, 0.717) is 11.1 Å². The third-order valence-electron chi connectivity index (χ3n) is 3.14. The number of amides is 1. The number of hydrogen-bond donors (Lipinski definition) is 1. The van der Waals surface area contributed by atoms with Gasteiger partial charge in [0.2, 0.25) is 0 Å². The van der Waals surface area contributed by atoms with Gasteiger partial charge in [0.25, 0.3) is 5.91 Å². The zero-order valence-electron chi connectivity index (χ0n) is 12.5. The molecule has 0 aliphatic rings. The molecule has 2 rings (SSSR count). The smallest absolute Gasteiger partial charge is 0.348 e. The second-order valence-electron chi connectivity index (χ2n) is 4.81. The molecule has 0 aromatic heterocycles. The van der Waals surface area contributed by atoms with Crippen LogP contribution in [0.3, 0.4) is 0 Å². The van der Waals surface area contributed by atoms with E-state index >= 15 is 0 Å². The minimum absolute atomic E-state index is 0.0495. The van der Waals surface area contributed by atoms with Gasteiger partial charge >= 0.3 is 6.18 Å². The Morgan fingerprint density at radius 1 is 1.13 bits per heavy atom. The quantitative estimate of drug-likeness (QED) is 0.797. The standard InChI is InChI=1S/C17H16F3NOS/c1-2-23-15-9-4-3-8-14(15)16(22)21-11-12-6-5-7-13(10-12)17(18,19)20/h3-10H,2,11H2,1H3,(H,21,22). The highest BCUT2D eigenvalue weighted by molar-refractivity contribution is 7.99. The fourth-order valence-electron chi connectivity index (χ4n) is 2.07. The maximum atomic E-state index is 12.7. The van der Waals surface area contributed by atoms with Crippen LogP contribution in [-0.4, -0.2) is 11.7 Å². The minimum Gasteiger partial charge on any atom is -0.348 e. The second-order valence-corrected chi connectivity index (χ2v) is 6.12. The maximum Gasteiger partial charge on any atom is 0.416 e. The van der Waals surface area contributed by atoms with Gasteiger partial charge in [0.1, 0.15) is 0 Å². The molecule has 0 aliphatic carbocycles. The second kappa shape index (κ2) is 7.55. The molecule has 6 heteroatoms. The monoisotopic (exact) mass is 339 g/mol. The molecule has 0 saturated heterocycles. The van der Waals surface area contributed by atoms with Crippen molar-refractivity contribution in [3.05, 3.63) is 65.2 Å². The van der Waals surface area contributed by atoms with Crippen molar-refractivity contribution < 1.29 is 18.0 Å². The van der Waals surface area contributed by atoms with E-state index in [1.54, 1.807) is 30.0 Å². The highest BCUT2D eigenvalue weighted by Crippen LogP contribution is 2.29. The van der Waals surface area contributed by atoms with Gasteiger partial charge in [0.15, 0.2) is 0 Å². The lowest BCUT2D eigenvalue weighted by atomic mass is 10.1. The molecule has 0 saturated carbocycles. The number of thioether (sulfide) groups is 1. The summed E-state index contributed by atoms with van der Waals surface area (Å²) in [6.07, 6.45) is -4.38. The molecule has 0 unspecified atom stereocenters. The van der Waals surface area contributed by atoms with E-state index < -0.39 is 11.7 Å². The molecule has 1 amide bonds. The zero-order valence-corrected chi connectivity index (χ0v) is 13.3. The average molecular weight is 339 g/mol. The summed E-state index contributed by atoms with van der Waals surface area (Å²) in [5.41, 5.74) is 0.228. The fraction of sp³-hybridized carbons (Fsp3) is 0.235. The molecule has 0 fully saturated rings. The van der Waals surface area contributed by atoms with Crippen molar-refractivity contribution in [3.8, 4) is 0 Å². The Labute approximate surface area is 137 Å². The van der Waals surface area contributed by atoms with Crippen LogP contribution >= 0.6 is 11.8 Å². The molecular weight excluding hydrogens is 323 g/mol. The van der Waals surface area contributed by atoms with Gasteiger partial charge in [-0.2, -0.15) is 13.2 Å². The molecular formula is C17H16F3NOS. The molecule has 0 heterocycles. The van der Waals surface area contributed by atoms with Crippen LogP contribution in [0.15, 0.2) is 53.4 Å². The van der Waals surface area contributed by atoms with Gasteiger partial charge in [-0.05, 0) is 35.6 Å². The predicted molar refractivity (Wildman–Crippen MR) is 85.5 cm³/mol. The van der Waals surface area contributed by atoms with Crippen molar-refractivity contribution in [2.24, 2.45) is 0 Å². The molecule has 0 bridgehead atoms. The molecule has 0 radical (unpaired) electrons. The largest absolute Gasteiger partial charge is 0.416 e. The summed E-state index contributed by atoms with van der Waals surface area (Å²) in [4.78, 5) is 13.1. The van der Waals surface area contributed by atoms with E-state index in [4.69, 9.17) is 0 Å². The molecule has 1 N–H and O–H groups in total. The summed E-state index contributed by atoms with van der Waals surface area (Å²) < 4.78 is 38.0. The number of carbonyl (C=O) groups excluding carboxylic acids is 1. The third kappa shape index (κ3) is 4.76. The molecule has 2 aromatic carbocycles. The van der Waals surface area contributed by atoms with Gasteiger partial charge in [-0.25, -0.2) is 0 Å². The maximum absolute atomic E-state index is 12.7. The van der Waals surface area contributed by atoms with E-state index in [2.05, 4.69) is 5.32 Å². The van der Waals surface area contributed by atoms with Crippen molar-refractivity contribution in [1.29, 1.82) is 0 Å². The lowest BCUT2D eigenvalue weighted by Gasteiger charge is -2.11. The number of alkyl halides is 3. The van der Waals surface area contributed by atoms with Crippen LogP contribution in [0.4, 0.5) is 13.2 Å². The Morgan fingerprint density at radius 3 is 2.57 bits per heavy atom. The highest BCUT2D eigenvalue weighted by Gasteiger charge is 2.30. The lowest BCUT2D eigenvalue weighted by Crippen LogP contribution is -2.23. The molecule has 0 atom stereocenters. The average Bonchev–Trinajstić information content (AvgIpc) is 2.53. The number of benzene rings is 2. The first kappa shape index (κ1) is 17.4. The normalized spacial score (nSPS) is 11.3. The third-order valence-corrected chi connectivity index (χ3v) is 4.09. The van der Waals surface area contributed by atoms with Crippen LogP contribution < -0.4 is 5.32 Å². The Kier molecular flexibility index (Phi) is 5.71. The summed E-state index contributed by atoms with van der Waals surface area (Å²) in [7, 11) is 0. The first-order chi connectivity index (χ1) is 10.9. The lowest BCUT2D eigenvalue weighted by molar-refractivity contribution is -0.137. The topological polar surface area (TPSA) is 29.1 Å². The number of nitrogens with one attached hydrogen (secondary N) is 1. The first-order valence-corrected chi connectivity index (χ1v) is 8.06. The van der Waals surface area contributed by atoms with E-state index in [1.165, 1.54) is 6.07 Å². The molecule has 2 nitrogen and oxygen atoms in total. The number of carbonyl (C=O) groups is 1. The number of hydrogen-bond acceptors (Lipinski definition) is 2. The summed E-state index contributed by atoms with van der Waals surface area (Å²) in [6.45, 7) is 2.04. The Morgan fingerprint density at radius 2 is 1.87 bits per heavy atom. The van der Waals surface area contributed by atoms with E-state index in [1.807, 2.05) is 19.1 Å². The first-order valence-electron chi connectivity index (χ1n) is 7.08. The van der Waals surface area contributed by atoms with Gasteiger partial charge < -0.3 is 5.32 Å². The van der Waals surface area contributed by atoms with Gasteiger partial charge in [-0.1, -0.05) is 31.2 Å². The molecule has 2 aromatic rings. The van der Waals surface area contributed by atoms with Gasteiger partial charge in [-0.15, -0.1) is 11.8 Å². The van der Waals surface area contributed by atoms with Gasteiger partial charge in [0, 0.05) is 11.4 Å². The van der Waals surface area contributed by atoms with Crippen molar-refractivity contribution in [2.75, 3.05) is 5.75 Å². The molecule has 0 aliphatic heterocycles. The van der Waals surface area contributed by atoms with Crippen molar-refractivity contribution in [2.45, 2.75) is 24.5 Å². The zero-order chi connectivity index (χ0) is 16.9. The van der Waals surface area contributed by atoms with Crippen LogP contribution in [-0.2, 0) is 12.7 Å². The Bertz CT molecular complexity index is 686.